The average Bonchev–Trinajstić information content (AvgIpc) is 2.76. The van der Waals surface area contributed by atoms with Gasteiger partial charge < -0.3 is 15.7 Å². The number of urea groups is 1. The first kappa shape index (κ1) is 23.2. The van der Waals surface area contributed by atoms with E-state index in [1.54, 1.807) is 18.2 Å². The number of carbonyl (C=O) groups is 3. The van der Waals surface area contributed by atoms with E-state index in [1.807, 2.05) is 38.1 Å². The maximum Gasteiger partial charge on any atom is 0.323 e. The quantitative estimate of drug-likeness (QED) is 0.437. The molecule has 6 nitrogen and oxygen atoms in total. The van der Waals surface area contributed by atoms with Gasteiger partial charge in [-0.15, -0.1) is 0 Å². The van der Waals surface area contributed by atoms with Crippen LogP contribution < -0.4 is 10.6 Å². The Balaban J connectivity index is 1.48. The topological polar surface area (TPSA) is 95.5 Å². The number of carboxylic acid groups (broad SMARTS) is 1. The number of fused-ring (bicyclic) bond motifs is 1. The maximum atomic E-state index is 14.8. The lowest BCUT2D eigenvalue weighted by molar-refractivity contribution is -0.137. The summed E-state index contributed by atoms with van der Waals surface area (Å²) in [7, 11) is 0. The number of carboxylic acids is 1. The van der Waals surface area contributed by atoms with Crippen molar-refractivity contribution < 1.29 is 23.9 Å². The largest absolute Gasteiger partial charge is 0.481 e. The van der Waals surface area contributed by atoms with E-state index in [2.05, 4.69) is 10.6 Å². The fraction of sp³-hybridized carbons (Fsp3) is 0.222. The molecule has 3 aromatic carbocycles. The first-order chi connectivity index (χ1) is 16.2. The highest BCUT2D eigenvalue weighted by Crippen LogP contribution is 2.32. The van der Waals surface area contributed by atoms with Crippen molar-refractivity contribution >= 4 is 29.2 Å². The third-order valence-electron chi connectivity index (χ3n) is 5.95. The van der Waals surface area contributed by atoms with Gasteiger partial charge in [0.15, 0.2) is 5.78 Å². The molecule has 2 amide bonds. The predicted octanol–water partition coefficient (Wildman–Crippen LogP) is 5.97. The standard InChI is InChI=1S/C27H25FN2O4/c1-15-9-16(2)11-21(10-15)29-27(34)30-24-8-6-18(13-23(24)28)17-5-7-22-19(12-17)3-4-20(26(22)33)14-25(31)32/h5-13,20H,3-4,14H2,1-2H3,(H,31,32)(H2,29,30,34). The van der Waals surface area contributed by atoms with E-state index < -0.39 is 23.7 Å². The van der Waals surface area contributed by atoms with E-state index in [0.29, 0.717) is 29.7 Å². The van der Waals surface area contributed by atoms with Crippen molar-refractivity contribution in [2.24, 2.45) is 5.92 Å². The number of ketones is 1. The van der Waals surface area contributed by atoms with Gasteiger partial charge in [0.1, 0.15) is 5.82 Å². The van der Waals surface area contributed by atoms with E-state index in [9.17, 15) is 18.8 Å². The number of Topliss-reactive ketones (excluding diaryl/α,β-unsaturated/α-hetero) is 1. The molecule has 174 valence electrons. The second-order valence-corrected chi connectivity index (χ2v) is 8.72. The highest BCUT2D eigenvalue weighted by Gasteiger charge is 2.29. The van der Waals surface area contributed by atoms with Crippen LogP contribution in [-0.2, 0) is 11.2 Å². The highest BCUT2D eigenvalue weighted by molar-refractivity contribution is 6.02. The molecule has 7 heteroatoms. The number of carbonyl (C=O) groups excluding carboxylic acids is 2. The number of anilines is 2. The van der Waals surface area contributed by atoms with Crippen molar-refractivity contribution in [2.45, 2.75) is 33.1 Å². The van der Waals surface area contributed by atoms with Gasteiger partial charge in [0.2, 0.25) is 0 Å². The van der Waals surface area contributed by atoms with Crippen LogP contribution in [0.4, 0.5) is 20.6 Å². The summed E-state index contributed by atoms with van der Waals surface area (Å²) >= 11 is 0. The van der Waals surface area contributed by atoms with E-state index in [1.165, 1.54) is 12.1 Å². The molecule has 3 aromatic rings. The van der Waals surface area contributed by atoms with Gasteiger partial charge in [-0.05, 0) is 78.8 Å². The zero-order chi connectivity index (χ0) is 24.4. The van der Waals surface area contributed by atoms with Gasteiger partial charge >= 0.3 is 12.0 Å². The van der Waals surface area contributed by atoms with Crippen LogP contribution >= 0.6 is 0 Å². The summed E-state index contributed by atoms with van der Waals surface area (Å²) in [5.41, 5.74) is 5.41. The van der Waals surface area contributed by atoms with Gasteiger partial charge in [-0.3, -0.25) is 9.59 Å². The molecule has 4 rings (SSSR count). The lowest BCUT2D eigenvalue weighted by Gasteiger charge is -2.22. The minimum Gasteiger partial charge on any atom is -0.481 e. The molecule has 3 N–H and O–H groups in total. The summed E-state index contributed by atoms with van der Waals surface area (Å²) in [6.45, 7) is 3.86. The van der Waals surface area contributed by atoms with Crippen LogP contribution in [0.5, 0.6) is 0 Å². The van der Waals surface area contributed by atoms with Gasteiger partial charge in [0, 0.05) is 17.2 Å². The minimum atomic E-state index is -0.981. The number of nitrogens with one attached hydrogen (secondary N) is 2. The molecule has 1 unspecified atom stereocenters. The summed E-state index contributed by atoms with van der Waals surface area (Å²) in [5.74, 6) is -2.22. The van der Waals surface area contributed by atoms with Crippen LogP contribution in [0, 0.1) is 25.6 Å². The number of hydrogen-bond donors (Lipinski definition) is 3. The van der Waals surface area contributed by atoms with Crippen molar-refractivity contribution in [1.82, 2.24) is 0 Å². The van der Waals surface area contributed by atoms with Crippen molar-refractivity contribution in [2.75, 3.05) is 10.6 Å². The minimum absolute atomic E-state index is 0.0512. The van der Waals surface area contributed by atoms with Crippen LogP contribution in [0.15, 0.2) is 54.6 Å². The first-order valence-corrected chi connectivity index (χ1v) is 11.0. The second-order valence-electron chi connectivity index (χ2n) is 8.72. The first-order valence-electron chi connectivity index (χ1n) is 11.0. The van der Waals surface area contributed by atoms with E-state index in [4.69, 9.17) is 5.11 Å². The third-order valence-corrected chi connectivity index (χ3v) is 5.95. The summed E-state index contributed by atoms with van der Waals surface area (Å²) in [5, 5.41) is 14.3. The Morgan fingerprint density at radius 3 is 2.32 bits per heavy atom. The fourth-order valence-corrected chi connectivity index (χ4v) is 4.43. The fourth-order valence-electron chi connectivity index (χ4n) is 4.43. The van der Waals surface area contributed by atoms with Crippen molar-refractivity contribution in [3.8, 4) is 11.1 Å². The summed E-state index contributed by atoms with van der Waals surface area (Å²) in [4.78, 5) is 35.9. The molecule has 0 aliphatic heterocycles. The lowest BCUT2D eigenvalue weighted by Crippen LogP contribution is -2.24. The SMILES string of the molecule is Cc1cc(C)cc(NC(=O)Nc2ccc(-c3ccc4c(c3)CCC(CC(=O)O)C4=O)cc2F)c1. The Morgan fingerprint density at radius 2 is 1.65 bits per heavy atom. The van der Waals surface area contributed by atoms with E-state index >= 15 is 0 Å². The number of aliphatic carboxylic acids is 1. The summed E-state index contributed by atoms with van der Waals surface area (Å²) in [6.07, 6.45) is 0.902. The number of benzene rings is 3. The Labute approximate surface area is 196 Å². The monoisotopic (exact) mass is 460 g/mol. The van der Waals surface area contributed by atoms with Gasteiger partial charge in [0.05, 0.1) is 12.1 Å². The van der Waals surface area contributed by atoms with Crippen molar-refractivity contribution in [3.63, 3.8) is 0 Å². The number of hydrogen-bond acceptors (Lipinski definition) is 3. The molecule has 1 aliphatic carbocycles. The molecule has 0 bridgehead atoms. The lowest BCUT2D eigenvalue weighted by atomic mass is 9.80. The number of aryl methyl sites for hydroxylation is 3. The Hall–Kier alpha value is -4.00. The molecule has 0 aromatic heterocycles. The molecule has 1 aliphatic rings. The van der Waals surface area contributed by atoms with Gasteiger partial charge in [0.25, 0.3) is 0 Å². The highest BCUT2D eigenvalue weighted by atomic mass is 19.1. The zero-order valence-electron chi connectivity index (χ0n) is 18.9. The normalized spacial score (nSPS) is 14.9. The predicted molar refractivity (Wildman–Crippen MR) is 129 cm³/mol. The molecule has 0 spiro atoms. The molecule has 0 radical (unpaired) electrons. The van der Waals surface area contributed by atoms with Crippen LogP contribution in [-0.4, -0.2) is 22.9 Å². The van der Waals surface area contributed by atoms with Gasteiger partial charge in [-0.1, -0.05) is 30.3 Å². The molecule has 34 heavy (non-hydrogen) atoms. The molecular formula is C27H25FN2O4. The smallest absolute Gasteiger partial charge is 0.323 e. The number of halogens is 1. The summed E-state index contributed by atoms with van der Waals surface area (Å²) < 4.78 is 14.8. The summed E-state index contributed by atoms with van der Waals surface area (Å²) in [6, 6.07) is 14.9. The molecule has 0 saturated heterocycles. The molecular weight excluding hydrogens is 435 g/mol. The number of amides is 2. The Kier molecular flexibility index (Phi) is 6.45. The van der Waals surface area contributed by atoms with Crippen molar-refractivity contribution in [3.05, 3.63) is 82.7 Å². The van der Waals surface area contributed by atoms with Gasteiger partial charge in [-0.25, -0.2) is 9.18 Å². The Bertz CT molecular complexity index is 1280. The average molecular weight is 461 g/mol. The van der Waals surface area contributed by atoms with Crippen LogP contribution in [0.2, 0.25) is 0 Å². The zero-order valence-corrected chi connectivity index (χ0v) is 18.9. The molecule has 0 fully saturated rings. The molecule has 1 atom stereocenters. The van der Waals surface area contributed by atoms with Crippen LogP contribution in [0.3, 0.4) is 0 Å². The number of rotatable bonds is 5. The van der Waals surface area contributed by atoms with Crippen molar-refractivity contribution in [1.29, 1.82) is 0 Å². The molecule has 0 saturated carbocycles. The maximum absolute atomic E-state index is 14.8. The van der Waals surface area contributed by atoms with Gasteiger partial charge in [-0.2, -0.15) is 0 Å². The second kappa shape index (κ2) is 9.47. The van der Waals surface area contributed by atoms with E-state index in [-0.39, 0.29) is 17.9 Å². The third kappa shape index (κ3) is 5.14. The van der Waals surface area contributed by atoms with Crippen LogP contribution in [0.1, 0.15) is 39.9 Å². The molecule has 0 heterocycles. The van der Waals surface area contributed by atoms with E-state index in [0.717, 1.165) is 22.3 Å². The Morgan fingerprint density at radius 1 is 0.971 bits per heavy atom. The van der Waals surface area contributed by atoms with Crippen LogP contribution in [0.25, 0.3) is 11.1 Å².